The fourth-order valence-corrected chi connectivity index (χ4v) is 0.833. The third-order valence-corrected chi connectivity index (χ3v) is 1.92. The first-order chi connectivity index (χ1) is 9.44. The van der Waals surface area contributed by atoms with E-state index >= 15 is 0 Å². The van der Waals surface area contributed by atoms with E-state index in [0.29, 0.717) is 0 Å². The Morgan fingerprint density at radius 3 is 1.48 bits per heavy atom. The molecule has 0 aromatic heterocycles. The van der Waals surface area contributed by atoms with E-state index in [1.54, 1.807) is 20.1 Å². The average Bonchev–Trinajstić information content (AvgIpc) is 2.25. The Morgan fingerprint density at radius 1 is 1.00 bits per heavy atom. The zero-order chi connectivity index (χ0) is 18.6. The van der Waals surface area contributed by atoms with E-state index in [-0.39, 0.29) is 37.0 Å². The molecular weight excluding hydrogens is 569 g/mol. The summed E-state index contributed by atoms with van der Waals surface area (Å²) in [5.74, 6) is -19.0. The molecule has 0 radical (unpaired) electrons. The molecule has 0 aromatic rings. The van der Waals surface area contributed by atoms with Crippen molar-refractivity contribution >= 4 is 6.29 Å². The summed E-state index contributed by atoms with van der Waals surface area (Å²) in [6, 6.07) is 0. The first-order valence-electron chi connectivity index (χ1n) is 5.51. The molecule has 0 aliphatic carbocycles. The molecule has 11 heteroatoms. The van der Waals surface area contributed by atoms with Crippen LogP contribution in [0.3, 0.4) is 0 Å². The van der Waals surface area contributed by atoms with Crippen LogP contribution in [0.2, 0.25) is 0 Å². The number of halogens is 9. The second-order valence-electron chi connectivity index (χ2n) is 4.55. The summed E-state index contributed by atoms with van der Waals surface area (Å²) in [5, 5.41) is 0. The number of carbonyl (C=O) groups excluding carboxylic acids is 1. The molecule has 23 heavy (non-hydrogen) atoms. The molecule has 1 nitrogen and oxygen atoms in total. The summed E-state index contributed by atoms with van der Waals surface area (Å²) in [5.41, 5.74) is -0.896. The van der Waals surface area contributed by atoms with Crippen LogP contribution in [0.4, 0.5) is 39.5 Å². The maximum Gasteiger partial charge on any atom is 2.00 e. The smallest absolute Gasteiger partial charge is 0.542 e. The zero-order valence-electron chi connectivity index (χ0n) is 12.0. The van der Waals surface area contributed by atoms with E-state index in [0.717, 1.165) is 0 Å². The molecule has 0 spiro atoms. The standard InChI is InChI=1S/C8H6F9.C4H7O.U/c1-4(2)3-5(9,10)6(11,12)7(13,14)8(15,16)17;1-4(2)3-5;/h1-3H2;4H,1-2H3;/q2*-1;+2. The molecule has 0 aromatic carbocycles. The predicted octanol–water partition coefficient (Wildman–Crippen LogP) is 4.99. The van der Waals surface area contributed by atoms with Crippen molar-refractivity contribution in [2.75, 3.05) is 0 Å². The Balaban J connectivity index is -0.000000578. The van der Waals surface area contributed by atoms with Gasteiger partial charge in [-0.25, -0.2) is 19.1 Å². The van der Waals surface area contributed by atoms with E-state index in [1.807, 2.05) is 0 Å². The van der Waals surface area contributed by atoms with Gasteiger partial charge < -0.3 is 4.79 Å². The van der Waals surface area contributed by atoms with Crippen molar-refractivity contribution in [1.82, 2.24) is 0 Å². The van der Waals surface area contributed by atoms with E-state index in [9.17, 15) is 44.3 Å². The molecule has 0 aliphatic rings. The molecule has 0 rings (SSSR count). The molecule has 134 valence electrons. The van der Waals surface area contributed by atoms with Crippen molar-refractivity contribution in [2.45, 2.75) is 44.2 Å². The fraction of sp³-hybridized carbons (Fsp3) is 0.667. The summed E-state index contributed by atoms with van der Waals surface area (Å²) in [6.45, 7) is 8.89. The minimum Gasteiger partial charge on any atom is -0.542 e. The van der Waals surface area contributed by atoms with Crippen LogP contribution in [0.15, 0.2) is 12.2 Å². The number of hydrogen-bond donors (Lipinski definition) is 0. The van der Waals surface area contributed by atoms with Gasteiger partial charge >= 0.3 is 55.1 Å². The van der Waals surface area contributed by atoms with Crippen LogP contribution < -0.4 is 0 Å². The summed E-state index contributed by atoms with van der Waals surface area (Å²) < 4.78 is 110. The summed E-state index contributed by atoms with van der Waals surface area (Å²) in [6.07, 6.45) is -7.09. The van der Waals surface area contributed by atoms with Gasteiger partial charge in [0, 0.05) is 6.42 Å². The van der Waals surface area contributed by atoms with Gasteiger partial charge in [0.25, 0.3) is 0 Å². The van der Waals surface area contributed by atoms with Crippen molar-refractivity contribution in [3.8, 4) is 0 Å². The second kappa shape index (κ2) is 9.25. The minimum atomic E-state index is -6.85. The van der Waals surface area contributed by atoms with Crippen molar-refractivity contribution in [3.05, 3.63) is 19.1 Å². The van der Waals surface area contributed by atoms with E-state index in [2.05, 4.69) is 13.5 Å². The van der Waals surface area contributed by atoms with Crippen molar-refractivity contribution in [3.63, 3.8) is 0 Å². The molecule has 0 bridgehead atoms. The number of alkyl halides is 9. The third-order valence-electron chi connectivity index (χ3n) is 1.92. The molecule has 0 unspecified atom stereocenters. The Labute approximate surface area is 151 Å². The summed E-state index contributed by atoms with van der Waals surface area (Å²) in [7, 11) is 0. The quantitative estimate of drug-likeness (QED) is 0.330. The molecule has 0 saturated carbocycles. The Bertz CT molecular complexity index is 388. The van der Waals surface area contributed by atoms with Gasteiger partial charge in [-0.3, -0.25) is 6.29 Å². The van der Waals surface area contributed by atoms with E-state index in [1.165, 1.54) is 0 Å². The molecule has 0 fully saturated rings. The Kier molecular flexibility index (Phi) is 11.1. The van der Waals surface area contributed by atoms with Gasteiger partial charge in [-0.1, -0.05) is 13.8 Å². The zero-order valence-corrected chi connectivity index (χ0v) is 16.2. The maximum absolute atomic E-state index is 12.6. The van der Waals surface area contributed by atoms with Crippen LogP contribution in [-0.4, -0.2) is 30.2 Å². The third kappa shape index (κ3) is 7.42. The van der Waals surface area contributed by atoms with Gasteiger partial charge in [0.15, 0.2) is 0 Å². The van der Waals surface area contributed by atoms with Crippen molar-refractivity contribution in [2.24, 2.45) is 5.92 Å². The van der Waals surface area contributed by atoms with Crippen molar-refractivity contribution < 1.29 is 75.4 Å². The van der Waals surface area contributed by atoms with E-state index in [4.69, 9.17) is 0 Å². The van der Waals surface area contributed by atoms with Gasteiger partial charge in [-0.05, 0) is 0 Å². The topological polar surface area (TPSA) is 17.1 Å². The van der Waals surface area contributed by atoms with Crippen LogP contribution in [0.1, 0.15) is 20.3 Å². The fourth-order valence-electron chi connectivity index (χ4n) is 0.833. The first-order valence-corrected chi connectivity index (χ1v) is 5.51. The Hall–Kier alpha value is -0.298. The van der Waals surface area contributed by atoms with Crippen LogP contribution in [0.25, 0.3) is 0 Å². The molecule has 0 aliphatic heterocycles. The van der Waals surface area contributed by atoms with Gasteiger partial charge in [-0.15, -0.1) is 5.92 Å². The summed E-state index contributed by atoms with van der Waals surface area (Å²) >= 11 is 0. The van der Waals surface area contributed by atoms with Gasteiger partial charge in [0.05, 0.1) is 0 Å². The average molecular weight is 582 g/mol. The van der Waals surface area contributed by atoms with Gasteiger partial charge in [-0.2, -0.15) is 39.5 Å². The molecular formula is C12H13F9OU. The molecule has 0 amide bonds. The maximum atomic E-state index is 12.6. The molecule has 0 heterocycles. The van der Waals surface area contributed by atoms with Crippen LogP contribution >= 0.6 is 0 Å². The Morgan fingerprint density at radius 2 is 1.30 bits per heavy atom. The number of hydrogen-bond acceptors (Lipinski definition) is 1. The molecule has 0 atom stereocenters. The number of allylic oxidation sites excluding steroid dienone is 1. The molecule has 0 saturated heterocycles. The monoisotopic (exact) mass is 582 g/mol. The van der Waals surface area contributed by atoms with Crippen LogP contribution in [0.5, 0.6) is 0 Å². The van der Waals surface area contributed by atoms with E-state index < -0.39 is 35.9 Å². The second-order valence-corrected chi connectivity index (χ2v) is 4.55. The summed E-state index contributed by atoms with van der Waals surface area (Å²) in [4.78, 5) is 9.38. The van der Waals surface area contributed by atoms with Gasteiger partial charge in [0.1, 0.15) is 0 Å². The van der Waals surface area contributed by atoms with Crippen LogP contribution in [-0.2, 0) is 4.79 Å². The van der Waals surface area contributed by atoms with Gasteiger partial charge in [0.2, 0.25) is 0 Å². The first kappa shape index (κ1) is 27.5. The van der Waals surface area contributed by atoms with Crippen molar-refractivity contribution in [1.29, 1.82) is 0 Å². The predicted molar refractivity (Wildman–Crippen MR) is 60.5 cm³/mol. The molecule has 0 N–H and O–H groups in total. The van der Waals surface area contributed by atoms with Crippen LogP contribution in [0, 0.1) is 44.0 Å². The SMILES string of the molecule is C=C([CH2-])CC(F)(F)C(F)(F)C(F)(F)C(F)(F)F.CC(C)[C-]=O.[U+2]. The number of rotatable bonds is 5. The normalized spacial score (nSPS) is 12.9. The minimum absolute atomic E-state index is 0. The largest absolute Gasteiger partial charge is 2.00 e.